The molecule has 2 N–H and O–H groups in total. The number of nitrogens with zero attached hydrogens (tertiary/aromatic N) is 2. The number of hydrogen-bond donors (Lipinski definition) is 2. The third-order valence-electron chi connectivity index (χ3n) is 3.04. The van der Waals surface area contributed by atoms with Gasteiger partial charge >= 0.3 is 0 Å². The minimum Gasteiger partial charge on any atom is -0.373 e. The first kappa shape index (κ1) is 13.1. The van der Waals surface area contributed by atoms with Gasteiger partial charge in [0.25, 0.3) is 5.91 Å². The van der Waals surface area contributed by atoms with Crippen molar-refractivity contribution in [3.8, 4) is 0 Å². The zero-order valence-electron chi connectivity index (χ0n) is 10.5. The molecule has 2 rings (SSSR count). The van der Waals surface area contributed by atoms with Crippen LogP contribution in [0.15, 0.2) is 12.1 Å². The molecule has 0 radical (unpaired) electrons. The minimum absolute atomic E-state index is 0.101. The molecule has 1 atom stereocenters. The number of pyridine rings is 1. The SMILES string of the molecule is CNc1cc(C(=O)NC2CCN(C)C2)cc(Cl)n1. The Labute approximate surface area is 112 Å². The van der Waals surface area contributed by atoms with Gasteiger partial charge in [0, 0.05) is 25.2 Å². The predicted octanol–water partition coefficient (Wildman–Crippen LogP) is 1.21. The third kappa shape index (κ3) is 3.11. The number of likely N-dealkylation sites (N-methyl/N-ethyl adjacent to an activating group) is 1. The molecule has 0 aliphatic carbocycles. The number of carbonyl (C=O) groups excluding carboxylic acids is 1. The average Bonchev–Trinajstić information content (AvgIpc) is 2.73. The first-order valence-electron chi connectivity index (χ1n) is 5.93. The lowest BCUT2D eigenvalue weighted by molar-refractivity contribution is 0.0938. The first-order valence-corrected chi connectivity index (χ1v) is 6.31. The molecule has 1 aliphatic heterocycles. The number of aromatic nitrogens is 1. The van der Waals surface area contributed by atoms with E-state index >= 15 is 0 Å². The van der Waals surface area contributed by atoms with Gasteiger partial charge < -0.3 is 15.5 Å². The summed E-state index contributed by atoms with van der Waals surface area (Å²) in [4.78, 5) is 18.3. The second-order valence-electron chi connectivity index (χ2n) is 4.54. The Morgan fingerprint density at radius 3 is 2.94 bits per heavy atom. The van der Waals surface area contributed by atoms with Gasteiger partial charge in [-0.3, -0.25) is 4.79 Å². The zero-order valence-corrected chi connectivity index (χ0v) is 11.3. The largest absolute Gasteiger partial charge is 0.373 e. The van der Waals surface area contributed by atoms with Crippen LogP contribution in [0.3, 0.4) is 0 Å². The van der Waals surface area contributed by atoms with Crippen molar-refractivity contribution in [2.24, 2.45) is 0 Å². The monoisotopic (exact) mass is 268 g/mol. The van der Waals surface area contributed by atoms with Crippen LogP contribution in [-0.2, 0) is 0 Å². The number of halogens is 1. The number of nitrogens with one attached hydrogen (secondary N) is 2. The first-order chi connectivity index (χ1) is 8.58. The lowest BCUT2D eigenvalue weighted by Crippen LogP contribution is -2.36. The highest BCUT2D eigenvalue weighted by Crippen LogP contribution is 2.15. The van der Waals surface area contributed by atoms with Gasteiger partial charge in [0.15, 0.2) is 0 Å². The molecule has 1 saturated heterocycles. The van der Waals surface area contributed by atoms with Gasteiger partial charge in [0.1, 0.15) is 11.0 Å². The summed E-state index contributed by atoms with van der Waals surface area (Å²) in [5.74, 6) is 0.493. The standard InChI is InChI=1S/C12H17ClN4O/c1-14-11-6-8(5-10(13)16-11)12(18)15-9-3-4-17(2)7-9/h5-6,9H,3-4,7H2,1-2H3,(H,14,16)(H,15,18). The van der Waals surface area contributed by atoms with Crippen molar-refractivity contribution in [3.63, 3.8) is 0 Å². The molecule has 1 aromatic heterocycles. The number of anilines is 1. The fraction of sp³-hybridized carbons (Fsp3) is 0.500. The predicted molar refractivity (Wildman–Crippen MR) is 72.2 cm³/mol. The molecule has 1 amide bonds. The molecule has 0 spiro atoms. The second kappa shape index (κ2) is 5.54. The van der Waals surface area contributed by atoms with Gasteiger partial charge in [0.2, 0.25) is 0 Å². The second-order valence-corrected chi connectivity index (χ2v) is 4.92. The molecular weight excluding hydrogens is 252 g/mol. The van der Waals surface area contributed by atoms with Crippen molar-refractivity contribution in [1.82, 2.24) is 15.2 Å². The van der Waals surface area contributed by atoms with E-state index in [1.165, 1.54) is 0 Å². The van der Waals surface area contributed by atoms with Crippen LogP contribution in [0, 0.1) is 0 Å². The Balaban J connectivity index is 2.06. The quantitative estimate of drug-likeness (QED) is 0.809. The van der Waals surface area contributed by atoms with Crippen LogP contribution in [0.4, 0.5) is 5.82 Å². The summed E-state index contributed by atoms with van der Waals surface area (Å²) in [6.45, 7) is 1.91. The van der Waals surface area contributed by atoms with E-state index in [4.69, 9.17) is 11.6 Å². The fourth-order valence-corrected chi connectivity index (χ4v) is 2.29. The molecule has 1 aromatic rings. The van der Waals surface area contributed by atoms with Crippen LogP contribution in [0.25, 0.3) is 0 Å². The Bertz CT molecular complexity index is 452. The molecule has 0 saturated carbocycles. The van der Waals surface area contributed by atoms with E-state index < -0.39 is 0 Å². The molecule has 18 heavy (non-hydrogen) atoms. The summed E-state index contributed by atoms with van der Waals surface area (Å²) < 4.78 is 0. The van der Waals surface area contributed by atoms with Gasteiger partial charge in [-0.25, -0.2) is 4.98 Å². The van der Waals surface area contributed by atoms with Crippen LogP contribution >= 0.6 is 11.6 Å². The Morgan fingerprint density at radius 1 is 1.56 bits per heavy atom. The number of hydrogen-bond acceptors (Lipinski definition) is 4. The Morgan fingerprint density at radius 2 is 2.33 bits per heavy atom. The Hall–Kier alpha value is -1.33. The minimum atomic E-state index is -0.101. The van der Waals surface area contributed by atoms with Crippen molar-refractivity contribution in [3.05, 3.63) is 22.8 Å². The molecule has 1 unspecified atom stereocenters. The summed E-state index contributed by atoms with van der Waals surface area (Å²) in [5, 5.41) is 6.20. The van der Waals surface area contributed by atoms with E-state index in [-0.39, 0.29) is 11.9 Å². The van der Waals surface area contributed by atoms with Gasteiger partial charge in [-0.2, -0.15) is 0 Å². The van der Waals surface area contributed by atoms with Crippen molar-refractivity contribution < 1.29 is 4.79 Å². The number of rotatable bonds is 3. The van der Waals surface area contributed by atoms with Gasteiger partial charge in [0.05, 0.1) is 0 Å². The van der Waals surface area contributed by atoms with E-state index in [0.717, 1.165) is 19.5 Å². The molecule has 5 nitrogen and oxygen atoms in total. The van der Waals surface area contributed by atoms with Crippen molar-refractivity contribution in [1.29, 1.82) is 0 Å². The van der Waals surface area contributed by atoms with E-state index in [2.05, 4.69) is 27.6 Å². The average molecular weight is 269 g/mol. The van der Waals surface area contributed by atoms with Crippen molar-refractivity contribution in [2.75, 3.05) is 32.5 Å². The summed E-state index contributed by atoms with van der Waals surface area (Å²) in [6.07, 6.45) is 0.986. The molecule has 1 fully saturated rings. The summed E-state index contributed by atoms with van der Waals surface area (Å²) in [6, 6.07) is 3.49. The maximum Gasteiger partial charge on any atom is 0.251 e. The summed E-state index contributed by atoms with van der Waals surface area (Å²) in [5.41, 5.74) is 0.536. The molecule has 0 bridgehead atoms. The highest BCUT2D eigenvalue weighted by Gasteiger charge is 2.21. The highest BCUT2D eigenvalue weighted by atomic mass is 35.5. The molecule has 1 aliphatic rings. The van der Waals surface area contributed by atoms with Crippen LogP contribution in [0.1, 0.15) is 16.8 Å². The van der Waals surface area contributed by atoms with Crippen molar-refractivity contribution >= 4 is 23.3 Å². The molecule has 6 heteroatoms. The van der Waals surface area contributed by atoms with E-state index in [0.29, 0.717) is 16.5 Å². The lowest BCUT2D eigenvalue weighted by Gasteiger charge is -2.13. The zero-order chi connectivity index (χ0) is 13.1. The number of likely N-dealkylation sites (tertiary alicyclic amines) is 1. The third-order valence-corrected chi connectivity index (χ3v) is 3.23. The Kier molecular flexibility index (Phi) is 4.04. The maximum atomic E-state index is 12.1. The normalized spacial score (nSPS) is 19.8. The van der Waals surface area contributed by atoms with E-state index in [9.17, 15) is 4.79 Å². The summed E-state index contributed by atoms with van der Waals surface area (Å²) in [7, 11) is 3.79. The fourth-order valence-electron chi connectivity index (χ4n) is 2.08. The molecular formula is C12H17ClN4O. The van der Waals surface area contributed by atoms with E-state index in [1.807, 2.05) is 0 Å². The highest BCUT2D eigenvalue weighted by molar-refractivity contribution is 6.29. The van der Waals surface area contributed by atoms with Crippen LogP contribution < -0.4 is 10.6 Å². The molecule has 98 valence electrons. The van der Waals surface area contributed by atoms with Crippen LogP contribution in [0.5, 0.6) is 0 Å². The van der Waals surface area contributed by atoms with E-state index in [1.54, 1.807) is 19.2 Å². The number of amides is 1. The van der Waals surface area contributed by atoms with Crippen LogP contribution in [-0.4, -0.2) is 49.0 Å². The molecule has 0 aromatic carbocycles. The van der Waals surface area contributed by atoms with Crippen LogP contribution in [0.2, 0.25) is 5.15 Å². The van der Waals surface area contributed by atoms with Gasteiger partial charge in [-0.15, -0.1) is 0 Å². The topological polar surface area (TPSA) is 57.3 Å². The number of carbonyl (C=O) groups is 1. The summed E-state index contributed by atoms with van der Waals surface area (Å²) >= 11 is 5.87. The molecule has 2 heterocycles. The van der Waals surface area contributed by atoms with Crippen molar-refractivity contribution in [2.45, 2.75) is 12.5 Å². The van der Waals surface area contributed by atoms with Gasteiger partial charge in [-0.05, 0) is 32.1 Å². The maximum absolute atomic E-state index is 12.1. The smallest absolute Gasteiger partial charge is 0.251 e. The van der Waals surface area contributed by atoms with Gasteiger partial charge in [-0.1, -0.05) is 11.6 Å². The lowest BCUT2D eigenvalue weighted by atomic mass is 10.2.